The van der Waals surface area contributed by atoms with Crippen LogP contribution in [0.15, 0.2) is 0 Å². The van der Waals surface area contributed by atoms with E-state index in [0.29, 0.717) is 6.42 Å². The van der Waals surface area contributed by atoms with Crippen molar-refractivity contribution in [3.8, 4) is 0 Å². The molecule has 0 aromatic rings. The van der Waals surface area contributed by atoms with Crippen LogP contribution in [0.4, 0.5) is 0 Å². The maximum absolute atomic E-state index is 10.1. The molecule has 0 heterocycles. The minimum atomic E-state index is -4.48. The summed E-state index contributed by atoms with van der Waals surface area (Å²) in [4.78, 5) is 8.81. The molecule has 0 bridgehead atoms. The molecule has 0 aromatic heterocycles. The fourth-order valence-electron chi connectivity index (χ4n) is 1.75. The second kappa shape index (κ2) is 20.5. The van der Waals surface area contributed by atoms with Gasteiger partial charge in [-0.2, -0.15) is 0 Å². The van der Waals surface area contributed by atoms with E-state index in [0.717, 1.165) is 19.1 Å². The summed E-state index contributed by atoms with van der Waals surface area (Å²) in [5.41, 5.74) is 0. The first-order chi connectivity index (χ1) is 9.47. The molecule has 0 N–H and O–H groups in total. The average Bonchev–Trinajstić information content (AvgIpc) is 2.35. The second-order valence-corrected chi connectivity index (χ2v) is 5.70. The molecular weight excluding hydrogens is 303 g/mol. The molecule has 0 aromatic carbocycles. The second-order valence-electron chi connectivity index (χ2n) is 4.65. The van der Waals surface area contributed by atoms with Gasteiger partial charge in [0.15, 0.2) is 0 Å². The molecule has 0 saturated heterocycles. The van der Waals surface area contributed by atoms with E-state index in [-0.39, 0.29) is 36.2 Å². The third-order valence-electron chi connectivity index (χ3n) is 2.73. The SMILES string of the molecule is CC=O.CCCCCCCCCCCCOS(=O)(=O)[O-].[Na+]. The first-order valence-corrected chi connectivity index (χ1v) is 8.81. The van der Waals surface area contributed by atoms with E-state index in [9.17, 15) is 13.0 Å². The van der Waals surface area contributed by atoms with E-state index in [1.165, 1.54) is 51.9 Å². The van der Waals surface area contributed by atoms with Crippen molar-refractivity contribution in [3.05, 3.63) is 0 Å². The molecule has 0 radical (unpaired) electrons. The van der Waals surface area contributed by atoms with Crippen LogP contribution in [0, 0.1) is 0 Å². The number of hydrogen-bond acceptors (Lipinski definition) is 5. The first kappa shape index (κ1) is 26.4. The van der Waals surface area contributed by atoms with Crippen LogP contribution in [0.2, 0.25) is 0 Å². The van der Waals surface area contributed by atoms with Gasteiger partial charge in [-0.1, -0.05) is 64.7 Å². The van der Waals surface area contributed by atoms with Crippen molar-refractivity contribution >= 4 is 16.7 Å². The van der Waals surface area contributed by atoms with Crippen molar-refractivity contribution in [3.63, 3.8) is 0 Å². The smallest absolute Gasteiger partial charge is 0.726 e. The Labute approximate surface area is 152 Å². The number of rotatable bonds is 12. The maximum Gasteiger partial charge on any atom is 1.00 e. The summed E-state index contributed by atoms with van der Waals surface area (Å²) in [5.74, 6) is 0. The van der Waals surface area contributed by atoms with Crippen LogP contribution in [-0.2, 0) is 19.4 Å². The van der Waals surface area contributed by atoms with E-state index in [2.05, 4.69) is 11.1 Å². The molecule has 0 rings (SSSR count). The third-order valence-corrected chi connectivity index (χ3v) is 3.18. The minimum Gasteiger partial charge on any atom is -0.726 e. The summed E-state index contributed by atoms with van der Waals surface area (Å²) in [5, 5.41) is 0. The Balaban J connectivity index is -0.000000740. The zero-order valence-corrected chi connectivity index (χ0v) is 16.6. The van der Waals surface area contributed by atoms with Crippen LogP contribution in [-0.4, -0.2) is 25.9 Å². The van der Waals surface area contributed by atoms with Gasteiger partial charge in [0.2, 0.25) is 10.4 Å². The molecule has 0 fully saturated rings. The molecule has 0 atom stereocenters. The largest absolute Gasteiger partial charge is 1.00 e. The van der Waals surface area contributed by atoms with Gasteiger partial charge in [0.25, 0.3) is 0 Å². The molecule has 122 valence electrons. The van der Waals surface area contributed by atoms with Crippen molar-refractivity contribution in [2.75, 3.05) is 6.61 Å². The number of carbonyl (C=O) groups excluding carboxylic acids is 1. The molecule has 0 spiro atoms. The fourth-order valence-corrected chi connectivity index (χ4v) is 2.07. The Hall–Kier alpha value is 0.540. The first-order valence-electron chi connectivity index (χ1n) is 7.48. The Morgan fingerprint density at radius 2 is 1.24 bits per heavy atom. The van der Waals surface area contributed by atoms with Crippen molar-refractivity contribution in [2.24, 2.45) is 0 Å². The molecule has 0 aliphatic carbocycles. The van der Waals surface area contributed by atoms with Crippen molar-refractivity contribution in [1.29, 1.82) is 0 Å². The average molecular weight is 332 g/mol. The van der Waals surface area contributed by atoms with Crippen LogP contribution in [0.5, 0.6) is 0 Å². The Bertz CT molecular complexity index is 294. The number of unbranched alkanes of at least 4 members (excludes halogenated alkanes) is 9. The van der Waals surface area contributed by atoms with Gasteiger partial charge in [-0.3, -0.25) is 4.18 Å². The normalized spacial score (nSPS) is 10.2. The minimum absolute atomic E-state index is 0. The maximum atomic E-state index is 10.1. The van der Waals surface area contributed by atoms with E-state index in [4.69, 9.17) is 4.79 Å². The van der Waals surface area contributed by atoms with Gasteiger partial charge in [-0.15, -0.1) is 0 Å². The molecule has 0 amide bonds. The van der Waals surface area contributed by atoms with Gasteiger partial charge < -0.3 is 9.35 Å². The Morgan fingerprint density at radius 1 is 0.905 bits per heavy atom. The number of carbonyl (C=O) groups is 1. The van der Waals surface area contributed by atoms with Crippen LogP contribution in [0.25, 0.3) is 0 Å². The quantitative estimate of drug-likeness (QED) is 0.172. The molecule has 5 nitrogen and oxygen atoms in total. The Kier molecular flexibility index (Phi) is 25.9. The summed E-state index contributed by atoms with van der Waals surface area (Å²) < 4.78 is 34.5. The third kappa shape index (κ3) is 33.4. The predicted octanol–water partition coefficient (Wildman–Crippen LogP) is 0.593. The van der Waals surface area contributed by atoms with Gasteiger partial charge in [-0.05, 0) is 13.3 Å². The van der Waals surface area contributed by atoms with Gasteiger partial charge in [0.05, 0.1) is 6.61 Å². The zero-order valence-electron chi connectivity index (χ0n) is 13.8. The van der Waals surface area contributed by atoms with Crippen LogP contribution >= 0.6 is 0 Å². The van der Waals surface area contributed by atoms with E-state index >= 15 is 0 Å². The van der Waals surface area contributed by atoms with Crippen LogP contribution in [0.1, 0.15) is 78.1 Å². The summed E-state index contributed by atoms with van der Waals surface area (Å²) >= 11 is 0. The standard InChI is InChI=1S/C12H26O4S.C2H4O.Na/c1-2-3-4-5-6-7-8-9-10-11-12-16-17(13,14)15;1-2-3;/h2-12H2,1H3,(H,13,14,15);2H,1H3;/q;;+1/p-1. The van der Waals surface area contributed by atoms with E-state index in [1.54, 1.807) is 0 Å². The monoisotopic (exact) mass is 332 g/mol. The van der Waals surface area contributed by atoms with Gasteiger partial charge >= 0.3 is 29.6 Å². The number of hydrogen-bond donors (Lipinski definition) is 0. The van der Waals surface area contributed by atoms with Crippen LogP contribution in [0.3, 0.4) is 0 Å². The summed E-state index contributed by atoms with van der Waals surface area (Å²) in [6.07, 6.45) is 12.4. The molecule has 21 heavy (non-hydrogen) atoms. The summed E-state index contributed by atoms with van der Waals surface area (Å²) in [7, 11) is -4.48. The molecule has 0 unspecified atom stereocenters. The summed E-state index contributed by atoms with van der Waals surface area (Å²) in [6.45, 7) is 3.69. The molecule has 7 heteroatoms. The molecular formula is C14H29NaO5S. The molecule has 0 aliphatic rings. The fraction of sp³-hybridized carbons (Fsp3) is 0.929. The molecule has 0 saturated carbocycles. The zero-order chi connectivity index (χ0) is 15.7. The van der Waals surface area contributed by atoms with Crippen molar-refractivity contribution in [2.45, 2.75) is 78.1 Å². The van der Waals surface area contributed by atoms with Gasteiger partial charge in [-0.25, -0.2) is 8.42 Å². The topological polar surface area (TPSA) is 83.5 Å². The summed E-state index contributed by atoms with van der Waals surface area (Å²) in [6, 6.07) is 0. The number of aldehydes is 1. The van der Waals surface area contributed by atoms with Gasteiger partial charge in [0, 0.05) is 0 Å². The molecule has 0 aliphatic heterocycles. The predicted molar refractivity (Wildman–Crippen MR) is 79.2 cm³/mol. The van der Waals surface area contributed by atoms with Gasteiger partial charge in [0.1, 0.15) is 6.29 Å². The van der Waals surface area contributed by atoms with E-state index in [1.807, 2.05) is 0 Å². The van der Waals surface area contributed by atoms with Crippen LogP contribution < -0.4 is 29.6 Å². The van der Waals surface area contributed by atoms with Crippen molar-refractivity contribution in [1.82, 2.24) is 0 Å². The van der Waals surface area contributed by atoms with Crippen molar-refractivity contribution < 1.29 is 51.5 Å². The Morgan fingerprint density at radius 3 is 1.57 bits per heavy atom. The van der Waals surface area contributed by atoms with E-state index < -0.39 is 10.4 Å².